The smallest absolute Gasteiger partial charge is 0.119 e. The number of aryl methyl sites for hydroxylation is 2. The van der Waals surface area contributed by atoms with Gasteiger partial charge in [-0.3, -0.25) is 0 Å². The lowest BCUT2D eigenvalue weighted by molar-refractivity contribution is 0.415. The average molecular weight is 353 g/mol. The summed E-state index contributed by atoms with van der Waals surface area (Å²) in [6.45, 7) is 4.31. The van der Waals surface area contributed by atoms with Gasteiger partial charge in [0.1, 0.15) is 5.75 Å². The molecule has 0 amide bonds. The standard InChI is InChI=1S/C25H23NO/c1-18-11-12-22(17-19(18)2)26(21-13-15-23(27-3)16-14-21)25-10-6-8-20-7-4-5-9-24(20)25/h4-17H,1-3H3. The van der Waals surface area contributed by atoms with Crippen LogP contribution < -0.4 is 9.64 Å². The van der Waals surface area contributed by atoms with Gasteiger partial charge in [-0.15, -0.1) is 0 Å². The summed E-state index contributed by atoms with van der Waals surface area (Å²) in [6, 6.07) is 29.8. The van der Waals surface area contributed by atoms with Crippen LogP contribution >= 0.6 is 0 Å². The van der Waals surface area contributed by atoms with Crippen molar-refractivity contribution in [3.8, 4) is 5.75 Å². The highest BCUT2D eigenvalue weighted by molar-refractivity contribution is 5.98. The summed E-state index contributed by atoms with van der Waals surface area (Å²) in [7, 11) is 1.70. The van der Waals surface area contributed by atoms with Crippen molar-refractivity contribution < 1.29 is 4.74 Å². The van der Waals surface area contributed by atoms with Crippen LogP contribution in [0.4, 0.5) is 17.1 Å². The van der Waals surface area contributed by atoms with Gasteiger partial charge >= 0.3 is 0 Å². The molecule has 0 aromatic heterocycles. The first-order valence-corrected chi connectivity index (χ1v) is 9.16. The molecule has 2 heteroatoms. The van der Waals surface area contributed by atoms with E-state index in [-0.39, 0.29) is 0 Å². The highest BCUT2D eigenvalue weighted by atomic mass is 16.5. The van der Waals surface area contributed by atoms with Crippen LogP contribution in [0.3, 0.4) is 0 Å². The molecule has 0 N–H and O–H groups in total. The Morgan fingerprint density at radius 1 is 0.667 bits per heavy atom. The van der Waals surface area contributed by atoms with Gasteiger partial charge in [0.2, 0.25) is 0 Å². The molecule has 134 valence electrons. The Hall–Kier alpha value is -3.26. The lowest BCUT2D eigenvalue weighted by Gasteiger charge is -2.27. The fourth-order valence-electron chi connectivity index (χ4n) is 3.43. The molecule has 27 heavy (non-hydrogen) atoms. The summed E-state index contributed by atoms with van der Waals surface area (Å²) in [5.74, 6) is 0.858. The number of nitrogens with zero attached hydrogens (tertiary/aromatic N) is 1. The lowest BCUT2D eigenvalue weighted by Crippen LogP contribution is -2.10. The summed E-state index contributed by atoms with van der Waals surface area (Å²) in [6.07, 6.45) is 0. The largest absolute Gasteiger partial charge is 0.497 e. The third kappa shape index (κ3) is 3.26. The quantitative estimate of drug-likeness (QED) is 0.394. The van der Waals surface area contributed by atoms with Gasteiger partial charge in [-0.1, -0.05) is 42.5 Å². The highest BCUT2D eigenvalue weighted by Crippen LogP contribution is 2.39. The zero-order chi connectivity index (χ0) is 18.8. The van der Waals surface area contributed by atoms with E-state index in [1.165, 1.54) is 27.6 Å². The van der Waals surface area contributed by atoms with Crippen LogP contribution in [0.5, 0.6) is 5.75 Å². The monoisotopic (exact) mass is 353 g/mol. The van der Waals surface area contributed by atoms with E-state index in [0.29, 0.717) is 0 Å². The van der Waals surface area contributed by atoms with Gasteiger partial charge in [-0.2, -0.15) is 0 Å². The van der Waals surface area contributed by atoms with Crippen LogP contribution in [0.15, 0.2) is 84.9 Å². The molecule has 0 atom stereocenters. The zero-order valence-corrected chi connectivity index (χ0v) is 15.9. The highest BCUT2D eigenvalue weighted by Gasteiger charge is 2.15. The van der Waals surface area contributed by atoms with Crippen molar-refractivity contribution in [1.29, 1.82) is 0 Å². The second-order valence-electron chi connectivity index (χ2n) is 6.80. The third-order valence-corrected chi connectivity index (χ3v) is 5.09. The van der Waals surface area contributed by atoms with Gasteiger partial charge in [0, 0.05) is 16.8 Å². The van der Waals surface area contributed by atoms with Crippen molar-refractivity contribution in [2.24, 2.45) is 0 Å². The fourth-order valence-corrected chi connectivity index (χ4v) is 3.43. The number of hydrogen-bond acceptors (Lipinski definition) is 2. The molecule has 4 aromatic carbocycles. The minimum atomic E-state index is 0.858. The van der Waals surface area contributed by atoms with Gasteiger partial charge in [-0.25, -0.2) is 0 Å². The lowest BCUT2D eigenvalue weighted by atomic mass is 10.0. The van der Waals surface area contributed by atoms with Gasteiger partial charge in [0.15, 0.2) is 0 Å². The number of hydrogen-bond donors (Lipinski definition) is 0. The molecule has 0 fully saturated rings. The van der Waals surface area contributed by atoms with Crippen molar-refractivity contribution >= 4 is 27.8 Å². The molecular formula is C25H23NO. The van der Waals surface area contributed by atoms with E-state index in [4.69, 9.17) is 4.74 Å². The van der Waals surface area contributed by atoms with Crippen LogP contribution in [0.2, 0.25) is 0 Å². The van der Waals surface area contributed by atoms with Gasteiger partial charge in [-0.05, 0) is 72.8 Å². The molecule has 0 saturated carbocycles. The Morgan fingerprint density at radius 3 is 2.11 bits per heavy atom. The Morgan fingerprint density at radius 2 is 1.37 bits per heavy atom. The molecule has 2 nitrogen and oxygen atoms in total. The van der Waals surface area contributed by atoms with Crippen molar-refractivity contribution in [2.75, 3.05) is 12.0 Å². The molecule has 0 saturated heterocycles. The summed E-state index contributed by atoms with van der Waals surface area (Å²) < 4.78 is 5.35. The molecule has 0 heterocycles. The van der Waals surface area contributed by atoms with Crippen molar-refractivity contribution in [3.05, 3.63) is 96.1 Å². The number of anilines is 3. The Bertz CT molecular complexity index is 1080. The SMILES string of the molecule is COc1ccc(N(c2ccc(C)c(C)c2)c2cccc3ccccc23)cc1. The Labute approximate surface area is 160 Å². The van der Waals surface area contributed by atoms with Gasteiger partial charge < -0.3 is 9.64 Å². The predicted molar refractivity (Wildman–Crippen MR) is 115 cm³/mol. The van der Waals surface area contributed by atoms with E-state index in [1.54, 1.807) is 7.11 Å². The van der Waals surface area contributed by atoms with E-state index in [2.05, 4.69) is 91.5 Å². The summed E-state index contributed by atoms with van der Waals surface area (Å²) in [5.41, 5.74) is 6.01. The minimum absolute atomic E-state index is 0.858. The summed E-state index contributed by atoms with van der Waals surface area (Å²) in [5, 5.41) is 2.46. The second-order valence-corrected chi connectivity index (χ2v) is 6.80. The molecule has 4 rings (SSSR count). The van der Waals surface area contributed by atoms with Crippen LogP contribution in [0.1, 0.15) is 11.1 Å². The molecule has 0 spiro atoms. The van der Waals surface area contributed by atoms with Gasteiger partial charge in [0.05, 0.1) is 12.8 Å². The second kappa shape index (κ2) is 7.16. The van der Waals surface area contributed by atoms with Gasteiger partial charge in [0.25, 0.3) is 0 Å². The molecule has 0 unspecified atom stereocenters. The normalized spacial score (nSPS) is 10.8. The van der Waals surface area contributed by atoms with E-state index < -0.39 is 0 Å². The number of methoxy groups -OCH3 is 1. The molecule has 0 aliphatic heterocycles. The maximum Gasteiger partial charge on any atom is 0.119 e. The predicted octanol–water partition coefficient (Wildman–Crippen LogP) is 6.94. The molecule has 0 aliphatic carbocycles. The van der Waals surface area contributed by atoms with Crippen LogP contribution in [0, 0.1) is 13.8 Å². The first-order chi connectivity index (χ1) is 13.2. The average Bonchev–Trinajstić information content (AvgIpc) is 2.71. The first-order valence-electron chi connectivity index (χ1n) is 9.16. The summed E-state index contributed by atoms with van der Waals surface area (Å²) in [4.78, 5) is 2.31. The van der Waals surface area contributed by atoms with E-state index >= 15 is 0 Å². The Kier molecular flexibility index (Phi) is 4.55. The molecule has 0 bridgehead atoms. The zero-order valence-electron chi connectivity index (χ0n) is 15.9. The van der Waals surface area contributed by atoms with Crippen molar-refractivity contribution in [1.82, 2.24) is 0 Å². The van der Waals surface area contributed by atoms with Crippen LogP contribution in [-0.4, -0.2) is 7.11 Å². The van der Waals surface area contributed by atoms with E-state index in [0.717, 1.165) is 17.1 Å². The third-order valence-electron chi connectivity index (χ3n) is 5.09. The number of rotatable bonds is 4. The maximum absolute atomic E-state index is 5.35. The van der Waals surface area contributed by atoms with E-state index in [9.17, 15) is 0 Å². The van der Waals surface area contributed by atoms with Crippen LogP contribution in [0.25, 0.3) is 10.8 Å². The number of fused-ring (bicyclic) bond motifs is 1. The topological polar surface area (TPSA) is 12.5 Å². The van der Waals surface area contributed by atoms with Crippen LogP contribution in [-0.2, 0) is 0 Å². The maximum atomic E-state index is 5.35. The van der Waals surface area contributed by atoms with Crippen molar-refractivity contribution in [3.63, 3.8) is 0 Å². The summed E-state index contributed by atoms with van der Waals surface area (Å²) >= 11 is 0. The number of benzene rings is 4. The molecule has 0 radical (unpaired) electrons. The minimum Gasteiger partial charge on any atom is -0.497 e. The number of ether oxygens (including phenoxy) is 1. The van der Waals surface area contributed by atoms with Crippen molar-refractivity contribution in [2.45, 2.75) is 13.8 Å². The molecular weight excluding hydrogens is 330 g/mol. The fraction of sp³-hybridized carbons (Fsp3) is 0.120. The Balaban J connectivity index is 1.95. The first kappa shape index (κ1) is 17.2. The molecule has 4 aromatic rings. The molecule has 0 aliphatic rings. The van der Waals surface area contributed by atoms with E-state index in [1.807, 2.05) is 12.1 Å².